The van der Waals surface area contributed by atoms with Crippen LogP contribution < -0.4 is 5.32 Å². The summed E-state index contributed by atoms with van der Waals surface area (Å²) in [5.74, 6) is 0.519. The van der Waals surface area contributed by atoms with Crippen LogP contribution in [-0.4, -0.2) is 33.1 Å². The minimum atomic E-state index is -0.0744. The van der Waals surface area contributed by atoms with Gasteiger partial charge in [0, 0.05) is 18.0 Å². The summed E-state index contributed by atoms with van der Waals surface area (Å²) in [6.45, 7) is 7.09. The molecule has 2 amide bonds. The van der Waals surface area contributed by atoms with Gasteiger partial charge >= 0.3 is 6.03 Å². The van der Waals surface area contributed by atoms with Crippen LogP contribution in [0.2, 0.25) is 0 Å². The SMILES string of the molecule is CC(NC(=O)N1CCC1C(C)C)c1csnn1. The largest absolute Gasteiger partial charge is 0.330 e. The molecule has 5 nitrogen and oxygen atoms in total. The second kappa shape index (κ2) is 5.00. The quantitative estimate of drug-likeness (QED) is 0.898. The fourth-order valence-corrected chi connectivity index (χ4v) is 2.60. The zero-order valence-electron chi connectivity index (χ0n) is 10.4. The van der Waals surface area contributed by atoms with E-state index in [4.69, 9.17) is 0 Å². The summed E-state index contributed by atoms with van der Waals surface area (Å²) in [6, 6.07) is 0.320. The molecule has 2 heterocycles. The summed E-state index contributed by atoms with van der Waals surface area (Å²) in [7, 11) is 0. The summed E-state index contributed by atoms with van der Waals surface area (Å²) in [5.41, 5.74) is 0.824. The highest BCUT2D eigenvalue weighted by Crippen LogP contribution is 2.24. The summed E-state index contributed by atoms with van der Waals surface area (Å²) < 4.78 is 3.80. The molecule has 17 heavy (non-hydrogen) atoms. The van der Waals surface area contributed by atoms with Crippen LogP contribution in [0.25, 0.3) is 0 Å². The van der Waals surface area contributed by atoms with Gasteiger partial charge in [-0.1, -0.05) is 18.3 Å². The van der Waals surface area contributed by atoms with Crippen LogP contribution in [0.15, 0.2) is 5.38 Å². The van der Waals surface area contributed by atoms with E-state index in [0.717, 1.165) is 18.7 Å². The number of rotatable bonds is 3. The van der Waals surface area contributed by atoms with Crippen LogP contribution in [0.5, 0.6) is 0 Å². The Hall–Kier alpha value is -1.17. The molecule has 0 saturated carbocycles. The van der Waals surface area contributed by atoms with Gasteiger partial charge in [0.1, 0.15) is 0 Å². The lowest BCUT2D eigenvalue weighted by atomic mass is 9.92. The summed E-state index contributed by atoms with van der Waals surface area (Å²) in [6.07, 6.45) is 1.11. The number of likely N-dealkylation sites (tertiary alicyclic amines) is 1. The van der Waals surface area contributed by atoms with Gasteiger partial charge < -0.3 is 10.2 Å². The molecular formula is C11H18N4OS. The van der Waals surface area contributed by atoms with Crippen LogP contribution in [0, 0.1) is 5.92 Å². The van der Waals surface area contributed by atoms with E-state index in [0.29, 0.717) is 12.0 Å². The van der Waals surface area contributed by atoms with Gasteiger partial charge in [-0.25, -0.2) is 4.79 Å². The van der Waals surface area contributed by atoms with Gasteiger partial charge in [0.05, 0.1) is 11.7 Å². The fraction of sp³-hybridized carbons (Fsp3) is 0.727. The molecule has 1 aromatic heterocycles. The van der Waals surface area contributed by atoms with Crippen LogP contribution in [0.4, 0.5) is 4.79 Å². The van der Waals surface area contributed by atoms with Crippen LogP contribution in [-0.2, 0) is 0 Å². The van der Waals surface area contributed by atoms with Crippen molar-refractivity contribution in [1.82, 2.24) is 19.8 Å². The average molecular weight is 254 g/mol. The normalized spacial score (nSPS) is 21.2. The summed E-state index contributed by atoms with van der Waals surface area (Å²) in [5, 5.41) is 8.78. The Balaban J connectivity index is 1.89. The third-order valence-electron chi connectivity index (χ3n) is 3.26. The molecule has 2 rings (SSSR count). The van der Waals surface area contributed by atoms with E-state index in [9.17, 15) is 4.79 Å². The van der Waals surface area contributed by atoms with Crippen molar-refractivity contribution < 1.29 is 4.79 Å². The predicted octanol–water partition coefficient (Wildman–Crippen LogP) is 2.04. The maximum atomic E-state index is 12.0. The number of amides is 2. The third kappa shape index (κ3) is 2.57. The van der Waals surface area contributed by atoms with Crippen molar-refractivity contribution in [3.8, 4) is 0 Å². The first kappa shape index (κ1) is 12.3. The molecule has 0 spiro atoms. The number of nitrogens with one attached hydrogen (secondary N) is 1. The van der Waals surface area contributed by atoms with Gasteiger partial charge in [-0.3, -0.25) is 0 Å². The number of hydrogen-bond donors (Lipinski definition) is 1. The smallest absolute Gasteiger partial charge is 0.318 e. The molecule has 1 N–H and O–H groups in total. The number of hydrogen-bond acceptors (Lipinski definition) is 4. The van der Waals surface area contributed by atoms with Gasteiger partial charge in [-0.2, -0.15) is 0 Å². The molecule has 1 saturated heterocycles. The minimum Gasteiger partial charge on any atom is -0.330 e. The molecule has 1 aliphatic rings. The van der Waals surface area contributed by atoms with Crippen LogP contribution in [0.1, 0.15) is 38.9 Å². The standard InChI is InChI=1S/C11H18N4OS/c1-7(2)10-4-5-15(10)11(16)12-8(3)9-6-17-14-13-9/h6-8,10H,4-5H2,1-3H3,(H,12,16). The number of aromatic nitrogens is 2. The minimum absolute atomic E-state index is 0.00968. The van der Waals surface area contributed by atoms with Crippen molar-refractivity contribution in [1.29, 1.82) is 0 Å². The van der Waals surface area contributed by atoms with E-state index in [-0.39, 0.29) is 12.1 Å². The highest BCUT2D eigenvalue weighted by Gasteiger charge is 2.34. The molecule has 2 unspecified atom stereocenters. The number of carbonyl (C=O) groups is 1. The topological polar surface area (TPSA) is 58.1 Å². The Labute approximate surface area is 105 Å². The molecule has 0 radical (unpaired) electrons. The molecule has 6 heteroatoms. The van der Waals surface area contributed by atoms with E-state index in [1.807, 2.05) is 17.2 Å². The van der Waals surface area contributed by atoms with Gasteiger partial charge in [-0.15, -0.1) is 5.10 Å². The number of nitrogens with zero attached hydrogens (tertiary/aromatic N) is 3. The van der Waals surface area contributed by atoms with E-state index >= 15 is 0 Å². The van der Waals surface area contributed by atoms with Gasteiger partial charge in [0.2, 0.25) is 0 Å². The van der Waals surface area contributed by atoms with Crippen LogP contribution >= 0.6 is 11.5 Å². The first-order valence-electron chi connectivity index (χ1n) is 5.93. The van der Waals surface area contributed by atoms with Crippen molar-refractivity contribution in [2.45, 2.75) is 39.3 Å². The Kier molecular flexibility index (Phi) is 3.61. The molecule has 1 fully saturated rings. The lowest BCUT2D eigenvalue weighted by Crippen LogP contribution is -2.57. The lowest BCUT2D eigenvalue weighted by Gasteiger charge is -2.43. The highest BCUT2D eigenvalue weighted by molar-refractivity contribution is 7.03. The molecular weight excluding hydrogens is 236 g/mol. The number of urea groups is 1. The molecule has 2 atom stereocenters. The molecule has 94 valence electrons. The first-order valence-corrected chi connectivity index (χ1v) is 6.77. The Morgan fingerprint density at radius 1 is 1.59 bits per heavy atom. The van der Waals surface area contributed by atoms with E-state index in [1.165, 1.54) is 11.5 Å². The monoisotopic (exact) mass is 254 g/mol. The Morgan fingerprint density at radius 2 is 2.35 bits per heavy atom. The maximum Gasteiger partial charge on any atom is 0.318 e. The van der Waals surface area contributed by atoms with Crippen molar-refractivity contribution in [3.05, 3.63) is 11.1 Å². The Morgan fingerprint density at radius 3 is 2.82 bits per heavy atom. The van der Waals surface area contributed by atoms with E-state index < -0.39 is 0 Å². The Bertz CT molecular complexity index is 379. The predicted molar refractivity (Wildman–Crippen MR) is 66.8 cm³/mol. The van der Waals surface area contributed by atoms with Crippen molar-refractivity contribution in [2.75, 3.05) is 6.54 Å². The zero-order valence-corrected chi connectivity index (χ0v) is 11.2. The fourth-order valence-electron chi connectivity index (χ4n) is 2.06. The molecule has 0 aliphatic carbocycles. The second-order valence-electron chi connectivity index (χ2n) is 4.79. The van der Waals surface area contributed by atoms with E-state index in [1.54, 1.807) is 0 Å². The third-order valence-corrected chi connectivity index (χ3v) is 3.78. The lowest BCUT2D eigenvalue weighted by molar-refractivity contribution is 0.0846. The number of carbonyl (C=O) groups excluding carboxylic acids is 1. The van der Waals surface area contributed by atoms with Crippen molar-refractivity contribution in [3.63, 3.8) is 0 Å². The van der Waals surface area contributed by atoms with Crippen LogP contribution in [0.3, 0.4) is 0 Å². The van der Waals surface area contributed by atoms with Gasteiger partial charge in [-0.05, 0) is 30.8 Å². The second-order valence-corrected chi connectivity index (χ2v) is 5.40. The average Bonchev–Trinajstić information content (AvgIpc) is 2.66. The molecule has 1 aliphatic heterocycles. The first-order chi connectivity index (χ1) is 8.09. The molecule has 0 bridgehead atoms. The summed E-state index contributed by atoms with van der Waals surface area (Å²) in [4.78, 5) is 13.9. The van der Waals surface area contributed by atoms with Gasteiger partial charge in [0.15, 0.2) is 0 Å². The summed E-state index contributed by atoms with van der Waals surface area (Å²) >= 11 is 1.30. The van der Waals surface area contributed by atoms with Gasteiger partial charge in [0.25, 0.3) is 0 Å². The maximum absolute atomic E-state index is 12.0. The molecule has 1 aromatic rings. The van der Waals surface area contributed by atoms with E-state index in [2.05, 4.69) is 28.8 Å². The van der Waals surface area contributed by atoms with Crippen molar-refractivity contribution in [2.24, 2.45) is 5.92 Å². The molecule has 0 aromatic carbocycles. The zero-order chi connectivity index (χ0) is 12.4. The highest BCUT2D eigenvalue weighted by atomic mass is 32.1. The van der Waals surface area contributed by atoms with Crippen molar-refractivity contribution >= 4 is 17.6 Å².